The number of amides is 1. The van der Waals surface area contributed by atoms with Gasteiger partial charge in [-0.15, -0.1) is 0 Å². The Morgan fingerprint density at radius 3 is 2.35 bits per heavy atom. The van der Waals surface area contributed by atoms with Crippen molar-refractivity contribution in [3.8, 4) is 0 Å². The normalized spacial score (nSPS) is 22.4. The van der Waals surface area contributed by atoms with Gasteiger partial charge in [0, 0.05) is 6.92 Å². The summed E-state index contributed by atoms with van der Waals surface area (Å²) in [5, 5.41) is 0. The molecule has 0 saturated carbocycles. The van der Waals surface area contributed by atoms with Crippen molar-refractivity contribution in [2.45, 2.75) is 51.9 Å². The molecule has 0 bridgehead atoms. The summed E-state index contributed by atoms with van der Waals surface area (Å²) in [5.74, 6) is -0.907. The Labute approximate surface area is 118 Å². The number of piperidine rings is 1. The van der Waals surface area contributed by atoms with Crippen LogP contribution in [0.4, 0.5) is 4.79 Å². The molecule has 0 unspecified atom stereocenters. The number of esters is 2. The molecular formula is C13H21NO6. The van der Waals surface area contributed by atoms with Gasteiger partial charge in [0.05, 0.1) is 19.8 Å². The summed E-state index contributed by atoms with van der Waals surface area (Å²) in [5.41, 5.74) is 0. The number of likely N-dealkylation sites (tertiary alicyclic amines) is 1. The first-order valence-electron chi connectivity index (χ1n) is 6.57. The third kappa shape index (κ3) is 4.40. The Hall–Kier alpha value is -1.79. The number of hydrogen-bond donors (Lipinski definition) is 0. The van der Waals surface area contributed by atoms with E-state index in [-0.39, 0.29) is 12.6 Å². The topological polar surface area (TPSA) is 82.1 Å². The highest BCUT2D eigenvalue weighted by molar-refractivity contribution is 5.81. The van der Waals surface area contributed by atoms with Gasteiger partial charge in [-0.05, 0) is 26.7 Å². The van der Waals surface area contributed by atoms with Gasteiger partial charge in [-0.1, -0.05) is 0 Å². The maximum absolute atomic E-state index is 12.0. The van der Waals surface area contributed by atoms with Gasteiger partial charge in [-0.3, -0.25) is 9.69 Å². The minimum absolute atomic E-state index is 0.130. The van der Waals surface area contributed by atoms with Gasteiger partial charge in [-0.25, -0.2) is 9.59 Å². The molecule has 1 fully saturated rings. The van der Waals surface area contributed by atoms with E-state index >= 15 is 0 Å². The van der Waals surface area contributed by atoms with E-state index in [1.807, 2.05) is 0 Å². The van der Waals surface area contributed by atoms with Crippen LogP contribution >= 0.6 is 0 Å². The maximum Gasteiger partial charge on any atom is 0.410 e. The second-order valence-electron chi connectivity index (χ2n) is 4.93. The fourth-order valence-electron chi connectivity index (χ4n) is 2.12. The van der Waals surface area contributed by atoms with Crippen molar-refractivity contribution in [1.29, 1.82) is 0 Å². The van der Waals surface area contributed by atoms with Gasteiger partial charge in [-0.2, -0.15) is 0 Å². The Kier molecular flexibility index (Phi) is 5.79. The highest BCUT2D eigenvalue weighted by atomic mass is 16.6. The van der Waals surface area contributed by atoms with Crippen molar-refractivity contribution in [2.75, 3.05) is 13.7 Å². The summed E-state index contributed by atoms with van der Waals surface area (Å²) in [4.78, 5) is 36.0. The fraction of sp³-hybridized carbons (Fsp3) is 0.769. The molecule has 1 aliphatic rings. The molecule has 114 valence electrons. The molecule has 1 saturated heterocycles. The zero-order valence-electron chi connectivity index (χ0n) is 12.3. The molecule has 0 aromatic rings. The van der Waals surface area contributed by atoms with Gasteiger partial charge < -0.3 is 14.2 Å². The third-order valence-corrected chi connectivity index (χ3v) is 2.92. The lowest BCUT2D eigenvalue weighted by Gasteiger charge is -2.37. The van der Waals surface area contributed by atoms with Gasteiger partial charge >= 0.3 is 18.0 Å². The highest BCUT2D eigenvalue weighted by Crippen LogP contribution is 2.22. The minimum Gasteiger partial charge on any atom is -0.467 e. The van der Waals surface area contributed by atoms with Gasteiger partial charge in [0.1, 0.15) is 12.1 Å². The lowest BCUT2D eigenvalue weighted by molar-refractivity contribution is -0.155. The van der Waals surface area contributed by atoms with E-state index in [9.17, 15) is 14.4 Å². The molecule has 7 heteroatoms. The number of rotatable bonds is 3. The second-order valence-corrected chi connectivity index (χ2v) is 4.93. The van der Waals surface area contributed by atoms with E-state index in [0.29, 0.717) is 12.8 Å². The summed E-state index contributed by atoms with van der Waals surface area (Å²) in [6.07, 6.45) is -0.446. The van der Waals surface area contributed by atoms with E-state index in [4.69, 9.17) is 14.2 Å². The first kappa shape index (κ1) is 16.3. The number of carbonyl (C=O) groups is 3. The predicted molar refractivity (Wildman–Crippen MR) is 68.9 cm³/mol. The molecular weight excluding hydrogens is 266 g/mol. The first-order chi connectivity index (χ1) is 9.35. The van der Waals surface area contributed by atoms with E-state index < -0.39 is 30.2 Å². The lowest BCUT2D eigenvalue weighted by Crippen LogP contribution is -2.53. The van der Waals surface area contributed by atoms with Crippen LogP contribution in [0.3, 0.4) is 0 Å². The van der Waals surface area contributed by atoms with Gasteiger partial charge in [0.2, 0.25) is 0 Å². The van der Waals surface area contributed by atoms with Crippen molar-refractivity contribution in [3.63, 3.8) is 0 Å². The summed E-state index contributed by atoms with van der Waals surface area (Å²) < 4.78 is 14.9. The fourth-order valence-corrected chi connectivity index (χ4v) is 2.12. The molecule has 0 N–H and O–H groups in total. The van der Waals surface area contributed by atoms with Crippen LogP contribution in [-0.2, 0) is 23.8 Å². The zero-order chi connectivity index (χ0) is 15.3. The van der Waals surface area contributed by atoms with Crippen molar-refractivity contribution < 1.29 is 28.6 Å². The van der Waals surface area contributed by atoms with Crippen LogP contribution < -0.4 is 0 Å². The van der Waals surface area contributed by atoms with E-state index in [1.165, 1.54) is 18.9 Å². The summed E-state index contributed by atoms with van der Waals surface area (Å²) in [7, 11) is 1.27. The predicted octanol–water partition coefficient (Wildman–Crippen LogP) is 1.10. The lowest BCUT2D eigenvalue weighted by atomic mass is 10.0. The van der Waals surface area contributed by atoms with Crippen LogP contribution in [0.5, 0.6) is 0 Å². The van der Waals surface area contributed by atoms with E-state index in [0.717, 1.165) is 0 Å². The SMILES string of the molecule is COC(=O)[C@@H]1CC[C@@H](OC(C)=O)CN1C(=O)OC(C)C. The maximum atomic E-state index is 12.0. The Morgan fingerprint density at radius 1 is 1.20 bits per heavy atom. The quantitative estimate of drug-likeness (QED) is 0.571. The van der Waals surface area contributed by atoms with Crippen LogP contribution in [0.15, 0.2) is 0 Å². The second kappa shape index (κ2) is 7.12. The standard InChI is InChI=1S/C13H21NO6/c1-8(2)19-13(17)14-7-10(20-9(3)15)5-6-11(14)12(16)18-4/h8,10-11H,5-7H2,1-4H3/t10-,11+/m1/s1. The molecule has 0 aliphatic carbocycles. The smallest absolute Gasteiger partial charge is 0.410 e. The van der Waals surface area contributed by atoms with Crippen LogP contribution in [0.1, 0.15) is 33.6 Å². The highest BCUT2D eigenvalue weighted by Gasteiger charge is 2.38. The molecule has 0 radical (unpaired) electrons. The van der Waals surface area contributed by atoms with Crippen molar-refractivity contribution in [3.05, 3.63) is 0 Å². The average molecular weight is 287 g/mol. The molecule has 1 rings (SSSR count). The van der Waals surface area contributed by atoms with E-state index in [1.54, 1.807) is 13.8 Å². The Bertz CT molecular complexity index is 381. The monoisotopic (exact) mass is 287 g/mol. The van der Waals surface area contributed by atoms with Crippen LogP contribution in [0, 0.1) is 0 Å². The minimum atomic E-state index is -0.696. The number of carbonyl (C=O) groups excluding carboxylic acids is 3. The number of hydrogen-bond acceptors (Lipinski definition) is 6. The summed E-state index contributed by atoms with van der Waals surface area (Å²) in [6.45, 7) is 4.88. The molecule has 20 heavy (non-hydrogen) atoms. The van der Waals surface area contributed by atoms with Gasteiger partial charge in [0.25, 0.3) is 0 Å². The first-order valence-corrected chi connectivity index (χ1v) is 6.57. The summed E-state index contributed by atoms with van der Waals surface area (Å²) >= 11 is 0. The molecule has 1 aliphatic heterocycles. The van der Waals surface area contributed by atoms with Gasteiger partial charge in [0.15, 0.2) is 0 Å². The molecule has 0 aromatic carbocycles. The average Bonchev–Trinajstić information content (AvgIpc) is 2.36. The molecule has 0 aromatic heterocycles. The molecule has 7 nitrogen and oxygen atoms in total. The van der Waals surface area contributed by atoms with Crippen LogP contribution in [0.2, 0.25) is 0 Å². The third-order valence-electron chi connectivity index (χ3n) is 2.92. The molecule has 1 amide bonds. The van der Waals surface area contributed by atoms with E-state index in [2.05, 4.69) is 0 Å². The molecule has 0 spiro atoms. The number of methoxy groups -OCH3 is 1. The Morgan fingerprint density at radius 2 is 1.85 bits per heavy atom. The number of ether oxygens (including phenoxy) is 3. The zero-order valence-corrected chi connectivity index (χ0v) is 12.3. The summed E-state index contributed by atoms with van der Waals surface area (Å²) in [6, 6.07) is -0.696. The Balaban J connectivity index is 2.79. The van der Waals surface area contributed by atoms with Crippen LogP contribution in [0.25, 0.3) is 0 Å². The molecule has 1 heterocycles. The largest absolute Gasteiger partial charge is 0.467 e. The van der Waals surface area contributed by atoms with Crippen LogP contribution in [-0.4, -0.2) is 54.8 Å². The number of nitrogens with zero attached hydrogens (tertiary/aromatic N) is 1. The van der Waals surface area contributed by atoms with Crippen molar-refractivity contribution in [2.24, 2.45) is 0 Å². The van der Waals surface area contributed by atoms with Crippen molar-refractivity contribution >= 4 is 18.0 Å². The molecule has 2 atom stereocenters. The van der Waals surface area contributed by atoms with Crippen molar-refractivity contribution in [1.82, 2.24) is 4.90 Å².